The van der Waals surface area contributed by atoms with Crippen molar-refractivity contribution in [3.63, 3.8) is 0 Å². The summed E-state index contributed by atoms with van der Waals surface area (Å²) < 4.78 is 32.1. The molecule has 0 aliphatic carbocycles. The van der Waals surface area contributed by atoms with Crippen molar-refractivity contribution in [2.24, 2.45) is 0 Å². The van der Waals surface area contributed by atoms with Crippen LogP contribution in [-0.4, -0.2) is 24.0 Å². The number of benzene rings is 2. The molecule has 0 aliphatic heterocycles. The van der Waals surface area contributed by atoms with E-state index in [-0.39, 0.29) is 22.6 Å². The summed E-state index contributed by atoms with van der Waals surface area (Å²) in [5.74, 6) is -3.29. The van der Waals surface area contributed by atoms with E-state index in [9.17, 15) is 18.4 Å². The number of rotatable bonds is 5. The van der Waals surface area contributed by atoms with E-state index in [2.05, 4.69) is 15.8 Å². The molecule has 2 aromatic carbocycles. The van der Waals surface area contributed by atoms with Crippen molar-refractivity contribution in [2.75, 3.05) is 7.05 Å². The minimum atomic E-state index is -1.27. The largest absolute Gasteiger partial charge is 0.360 e. The van der Waals surface area contributed by atoms with Crippen molar-refractivity contribution < 1.29 is 22.9 Å². The molecule has 150 valence electrons. The van der Waals surface area contributed by atoms with Gasteiger partial charge in [-0.2, -0.15) is 0 Å². The molecule has 2 N–H and O–H groups in total. The van der Waals surface area contributed by atoms with Gasteiger partial charge in [-0.25, -0.2) is 8.78 Å². The van der Waals surface area contributed by atoms with Crippen LogP contribution >= 0.6 is 11.6 Å². The predicted octanol–water partition coefficient (Wildman–Crippen LogP) is 3.80. The maximum absolute atomic E-state index is 13.7. The molecule has 9 heteroatoms. The Bertz CT molecular complexity index is 1080. The van der Waals surface area contributed by atoms with Gasteiger partial charge in [0.2, 0.25) is 5.91 Å². The summed E-state index contributed by atoms with van der Waals surface area (Å²) in [6, 6.07) is 8.44. The van der Waals surface area contributed by atoms with Crippen LogP contribution in [0.5, 0.6) is 0 Å². The van der Waals surface area contributed by atoms with Crippen LogP contribution in [0.3, 0.4) is 0 Å². The highest BCUT2D eigenvalue weighted by Gasteiger charge is 2.28. The first kappa shape index (κ1) is 20.5. The molecule has 3 rings (SSSR count). The number of aryl methyl sites for hydroxylation is 1. The zero-order valence-corrected chi connectivity index (χ0v) is 16.2. The minimum Gasteiger partial charge on any atom is -0.360 e. The highest BCUT2D eigenvalue weighted by atomic mass is 35.5. The third kappa shape index (κ3) is 4.12. The van der Waals surface area contributed by atoms with Gasteiger partial charge in [-0.15, -0.1) is 0 Å². The molecule has 1 heterocycles. The summed E-state index contributed by atoms with van der Waals surface area (Å²) >= 11 is 6.20. The quantitative estimate of drug-likeness (QED) is 0.658. The summed E-state index contributed by atoms with van der Waals surface area (Å²) in [6.07, 6.45) is 0. The number of hydrogen-bond acceptors (Lipinski definition) is 4. The van der Waals surface area contributed by atoms with Crippen LogP contribution in [0.25, 0.3) is 11.3 Å². The van der Waals surface area contributed by atoms with Gasteiger partial charge in [0.05, 0.1) is 5.02 Å². The molecule has 1 aromatic heterocycles. The first-order valence-electron chi connectivity index (χ1n) is 8.52. The molecule has 6 nitrogen and oxygen atoms in total. The fourth-order valence-corrected chi connectivity index (χ4v) is 3.04. The van der Waals surface area contributed by atoms with Crippen molar-refractivity contribution in [1.82, 2.24) is 15.8 Å². The first-order chi connectivity index (χ1) is 13.8. The number of aromatic nitrogens is 1. The molecule has 0 saturated heterocycles. The van der Waals surface area contributed by atoms with Gasteiger partial charge in [0.1, 0.15) is 23.1 Å². The molecule has 2 amide bonds. The zero-order valence-electron chi connectivity index (χ0n) is 15.4. The van der Waals surface area contributed by atoms with E-state index in [1.54, 1.807) is 24.3 Å². The fourth-order valence-electron chi connectivity index (χ4n) is 2.82. The average molecular weight is 420 g/mol. The number of likely N-dealkylation sites (N-methyl/N-ethyl adjacent to an activating group) is 1. The number of halogens is 3. The van der Waals surface area contributed by atoms with Crippen molar-refractivity contribution in [3.8, 4) is 11.3 Å². The molecule has 0 saturated carbocycles. The molecule has 1 unspecified atom stereocenters. The monoisotopic (exact) mass is 419 g/mol. The number of hydrogen-bond donors (Lipinski definition) is 2. The molecular weight excluding hydrogens is 404 g/mol. The Morgan fingerprint density at radius 2 is 1.86 bits per heavy atom. The summed E-state index contributed by atoms with van der Waals surface area (Å²) in [5.41, 5.74) is 0.826. The van der Waals surface area contributed by atoms with Crippen molar-refractivity contribution in [2.45, 2.75) is 13.0 Å². The van der Waals surface area contributed by atoms with Gasteiger partial charge < -0.3 is 15.2 Å². The Balaban J connectivity index is 1.99. The topological polar surface area (TPSA) is 84.2 Å². The average Bonchev–Trinajstić information content (AvgIpc) is 3.09. The smallest absolute Gasteiger partial charge is 0.258 e. The molecule has 0 bridgehead atoms. The van der Waals surface area contributed by atoms with Crippen LogP contribution in [0.4, 0.5) is 8.78 Å². The number of carbonyl (C=O) groups is 2. The second-order valence-corrected chi connectivity index (χ2v) is 6.54. The second-order valence-electron chi connectivity index (χ2n) is 6.14. The zero-order chi connectivity index (χ0) is 21.1. The summed E-state index contributed by atoms with van der Waals surface area (Å²) in [7, 11) is 1.36. The van der Waals surface area contributed by atoms with Crippen LogP contribution in [0.1, 0.15) is 27.7 Å². The number of amides is 2. The standard InChI is InChI=1S/C20H16ClF2N3O3/c1-10-16(18(26-29-10)12-5-3-4-6-13(12)21)19(27)25-17(20(28)24-2)11-7-8-14(22)15(23)9-11/h3-9,17H,1-2H3,(H,24,28)(H,25,27). The lowest BCUT2D eigenvalue weighted by Crippen LogP contribution is -2.39. The molecule has 3 aromatic rings. The van der Waals surface area contributed by atoms with E-state index < -0.39 is 29.5 Å². The second kappa shape index (κ2) is 8.40. The Morgan fingerprint density at radius 3 is 2.52 bits per heavy atom. The van der Waals surface area contributed by atoms with Crippen LogP contribution < -0.4 is 10.6 Å². The summed E-state index contributed by atoms with van der Waals surface area (Å²) in [5, 5.41) is 9.18. The van der Waals surface area contributed by atoms with Gasteiger partial charge in [0.25, 0.3) is 5.91 Å². The molecule has 0 radical (unpaired) electrons. The van der Waals surface area contributed by atoms with Gasteiger partial charge in [-0.3, -0.25) is 9.59 Å². The Morgan fingerprint density at radius 1 is 1.14 bits per heavy atom. The third-order valence-corrected chi connectivity index (χ3v) is 4.61. The molecule has 0 spiro atoms. The van der Waals surface area contributed by atoms with E-state index in [0.29, 0.717) is 10.6 Å². The lowest BCUT2D eigenvalue weighted by atomic mass is 10.0. The number of carbonyl (C=O) groups excluding carboxylic acids is 2. The van der Waals surface area contributed by atoms with Gasteiger partial charge in [-0.1, -0.05) is 41.0 Å². The lowest BCUT2D eigenvalue weighted by molar-refractivity contribution is -0.122. The first-order valence-corrected chi connectivity index (χ1v) is 8.89. The van der Waals surface area contributed by atoms with Gasteiger partial charge in [0.15, 0.2) is 11.6 Å². The summed E-state index contributed by atoms with van der Waals surface area (Å²) in [4.78, 5) is 25.3. The van der Waals surface area contributed by atoms with Crippen LogP contribution in [-0.2, 0) is 4.79 Å². The molecule has 0 fully saturated rings. The Hall–Kier alpha value is -3.26. The van der Waals surface area contributed by atoms with Crippen LogP contribution in [0.15, 0.2) is 47.0 Å². The number of nitrogens with one attached hydrogen (secondary N) is 2. The maximum atomic E-state index is 13.7. The Labute approximate surface area is 169 Å². The highest BCUT2D eigenvalue weighted by Crippen LogP contribution is 2.31. The molecule has 1 atom stereocenters. The van der Waals surface area contributed by atoms with Crippen molar-refractivity contribution in [1.29, 1.82) is 0 Å². The van der Waals surface area contributed by atoms with Crippen molar-refractivity contribution in [3.05, 3.63) is 76.0 Å². The lowest BCUT2D eigenvalue weighted by Gasteiger charge is -2.18. The minimum absolute atomic E-state index is 0.0741. The van der Waals surface area contributed by atoms with Crippen LogP contribution in [0.2, 0.25) is 5.02 Å². The van der Waals surface area contributed by atoms with Gasteiger partial charge in [0, 0.05) is 12.6 Å². The molecule has 29 heavy (non-hydrogen) atoms. The van der Waals surface area contributed by atoms with E-state index in [4.69, 9.17) is 16.1 Å². The van der Waals surface area contributed by atoms with E-state index in [0.717, 1.165) is 12.1 Å². The third-order valence-electron chi connectivity index (χ3n) is 4.28. The molecule has 0 aliphatic rings. The highest BCUT2D eigenvalue weighted by molar-refractivity contribution is 6.33. The van der Waals surface area contributed by atoms with Crippen LogP contribution in [0, 0.1) is 18.6 Å². The van der Waals surface area contributed by atoms with E-state index >= 15 is 0 Å². The van der Waals surface area contributed by atoms with E-state index in [1.807, 2.05) is 0 Å². The Kier molecular flexibility index (Phi) is 5.93. The van der Waals surface area contributed by atoms with Crippen molar-refractivity contribution >= 4 is 23.4 Å². The number of nitrogens with zero attached hydrogens (tertiary/aromatic N) is 1. The van der Waals surface area contributed by atoms with E-state index in [1.165, 1.54) is 20.0 Å². The normalized spacial score (nSPS) is 11.8. The van der Waals surface area contributed by atoms with Gasteiger partial charge in [-0.05, 0) is 30.7 Å². The SMILES string of the molecule is CNC(=O)C(NC(=O)c1c(-c2ccccc2Cl)noc1C)c1ccc(F)c(F)c1. The maximum Gasteiger partial charge on any atom is 0.258 e. The van der Waals surface area contributed by atoms with Gasteiger partial charge >= 0.3 is 0 Å². The summed E-state index contributed by atoms with van der Waals surface area (Å²) in [6.45, 7) is 1.54. The molecular formula is C20H16ClF2N3O3. The predicted molar refractivity (Wildman–Crippen MR) is 102 cm³/mol. The fraction of sp³-hybridized carbons (Fsp3) is 0.150.